The number of amides is 1. The molecule has 0 aromatic carbocycles. The minimum absolute atomic E-state index is 0.0907. The van der Waals surface area contributed by atoms with E-state index in [9.17, 15) is 9.90 Å². The van der Waals surface area contributed by atoms with E-state index < -0.39 is 0 Å². The average molecular weight is 328 g/mol. The molecule has 1 aliphatic rings. The molecular weight excluding hydrogens is 312 g/mol. The number of aliphatic hydroxyl groups excluding tert-OH is 1. The van der Waals surface area contributed by atoms with Gasteiger partial charge in [-0.3, -0.25) is 4.79 Å². The van der Waals surface area contributed by atoms with Gasteiger partial charge in [-0.05, 0) is 42.3 Å². The van der Waals surface area contributed by atoms with E-state index in [2.05, 4.69) is 20.3 Å². The zero-order chi connectivity index (χ0) is 15.8. The fraction of sp³-hybridized carbons (Fsp3) is 0.312. The quantitative estimate of drug-likeness (QED) is 0.685. The summed E-state index contributed by atoms with van der Waals surface area (Å²) >= 11 is 1.61. The van der Waals surface area contributed by atoms with Crippen molar-refractivity contribution in [1.29, 1.82) is 0 Å². The largest absolute Gasteiger partial charge is 0.393 e. The van der Waals surface area contributed by atoms with Gasteiger partial charge in [-0.2, -0.15) is 0 Å². The van der Waals surface area contributed by atoms with E-state index in [-0.39, 0.29) is 29.8 Å². The number of pyridine rings is 1. The summed E-state index contributed by atoms with van der Waals surface area (Å²) in [6.07, 6.45) is 2.82. The van der Waals surface area contributed by atoms with Gasteiger partial charge in [0.05, 0.1) is 17.7 Å². The van der Waals surface area contributed by atoms with Gasteiger partial charge in [-0.1, -0.05) is 6.07 Å². The molecule has 4 rings (SSSR count). The molecule has 3 aromatic heterocycles. The summed E-state index contributed by atoms with van der Waals surface area (Å²) in [7, 11) is 0. The highest BCUT2D eigenvalue weighted by atomic mass is 32.1. The fourth-order valence-corrected chi connectivity index (χ4v) is 3.82. The van der Waals surface area contributed by atoms with E-state index in [0.29, 0.717) is 18.5 Å². The Bertz CT molecular complexity index is 791. The molecule has 118 valence electrons. The van der Waals surface area contributed by atoms with E-state index in [1.54, 1.807) is 23.6 Å². The van der Waals surface area contributed by atoms with Crippen molar-refractivity contribution >= 4 is 28.4 Å². The van der Waals surface area contributed by atoms with Gasteiger partial charge in [0.2, 0.25) is 0 Å². The van der Waals surface area contributed by atoms with Crippen LogP contribution >= 0.6 is 11.3 Å². The number of carbonyl (C=O) groups is 1. The summed E-state index contributed by atoms with van der Waals surface area (Å²) in [5, 5.41) is 14.6. The van der Waals surface area contributed by atoms with Gasteiger partial charge in [0, 0.05) is 11.1 Å². The number of H-pyrrole nitrogens is 1. The lowest BCUT2D eigenvalue weighted by Gasteiger charge is -2.37. The van der Waals surface area contributed by atoms with Crippen molar-refractivity contribution in [3.8, 4) is 0 Å². The number of rotatable bonds is 4. The number of thiophene rings is 1. The minimum atomic E-state index is -0.255. The van der Waals surface area contributed by atoms with Crippen molar-refractivity contribution in [3.63, 3.8) is 0 Å². The third-order valence-electron chi connectivity index (χ3n) is 4.23. The summed E-state index contributed by atoms with van der Waals surface area (Å²) < 4.78 is 0. The predicted octanol–water partition coefficient (Wildman–Crippen LogP) is 2.26. The van der Waals surface area contributed by atoms with Crippen LogP contribution in [0, 0.1) is 5.92 Å². The lowest BCUT2D eigenvalue weighted by molar-refractivity contribution is 0.0240. The van der Waals surface area contributed by atoms with Crippen molar-refractivity contribution in [1.82, 2.24) is 20.3 Å². The van der Waals surface area contributed by atoms with Crippen molar-refractivity contribution < 1.29 is 9.90 Å². The van der Waals surface area contributed by atoms with E-state index in [4.69, 9.17) is 0 Å². The van der Waals surface area contributed by atoms with Gasteiger partial charge in [-0.25, -0.2) is 9.97 Å². The highest BCUT2D eigenvalue weighted by molar-refractivity contribution is 7.10. The first kappa shape index (κ1) is 14.3. The van der Waals surface area contributed by atoms with Gasteiger partial charge >= 0.3 is 0 Å². The molecule has 0 spiro atoms. The van der Waals surface area contributed by atoms with Crippen LogP contribution in [0.15, 0.2) is 35.8 Å². The lowest BCUT2D eigenvalue weighted by atomic mass is 9.77. The smallest absolute Gasteiger partial charge is 0.287 e. The standard InChI is InChI=1S/C16H16N4O2S/c21-10-7-9(8-10)13(12-4-2-6-23-12)19-16(22)15-18-11-3-1-5-17-14(11)20-15/h1-6,9-10,13,21H,7-8H2,(H,19,22)(H,17,18,20)/t9?,10?,13-/m1/s1. The SMILES string of the molecule is O=C(N[C@@H](c1cccs1)C1CC(O)C1)c1nc2ncccc2[nH]1. The maximum atomic E-state index is 12.6. The molecule has 1 fully saturated rings. The maximum Gasteiger partial charge on any atom is 0.287 e. The van der Waals surface area contributed by atoms with Crippen LogP contribution in [0.2, 0.25) is 0 Å². The molecule has 7 heteroatoms. The van der Waals surface area contributed by atoms with Crippen LogP contribution in [-0.4, -0.2) is 32.1 Å². The van der Waals surface area contributed by atoms with Crippen LogP contribution in [0.4, 0.5) is 0 Å². The number of hydrogen-bond acceptors (Lipinski definition) is 5. The molecule has 3 aromatic rings. The number of aromatic amines is 1. The molecule has 1 aliphatic carbocycles. The van der Waals surface area contributed by atoms with Crippen LogP contribution in [0.3, 0.4) is 0 Å². The van der Waals surface area contributed by atoms with Crippen molar-refractivity contribution in [3.05, 3.63) is 46.5 Å². The van der Waals surface area contributed by atoms with Gasteiger partial charge in [0.15, 0.2) is 11.5 Å². The molecule has 3 N–H and O–H groups in total. The van der Waals surface area contributed by atoms with Crippen LogP contribution in [-0.2, 0) is 0 Å². The van der Waals surface area contributed by atoms with Crippen LogP contribution < -0.4 is 5.32 Å². The fourth-order valence-electron chi connectivity index (χ4n) is 2.95. The van der Waals surface area contributed by atoms with Gasteiger partial charge in [0.1, 0.15) is 0 Å². The molecule has 0 unspecified atom stereocenters. The average Bonchev–Trinajstić information content (AvgIpc) is 3.18. The second-order valence-electron chi connectivity index (χ2n) is 5.81. The molecule has 0 radical (unpaired) electrons. The number of imidazole rings is 1. The topological polar surface area (TPSA) is 90.9 Å². The van der Waals surface area contributed by atoms with Gasteiger partial charge in [-0.15, -0.1) is 11.3 Å². The molecule has 3 heterocycles. The Morgan fingerprint density at radius 3 is 2.96 bits per heavy atom. The summed E-state index contributed by atoms with van der Waals surface area (Å²) in [6, 6.07) is 7.53. The van der Waals surface area contributed by atoms with Crippen LogP contribution in [0.1, 0.15) is 34.4 Å². The number of aromatic nitrogens is 3. The molecule has 0 aliphatic heterocycles. The number of hydrogen-bond donors (Lipinski definition) is 3. The molecule has 0 saturated heterocycles. The molecule has 1 saturated carbocycles. The van der Waals surface area contributed by atoms with E-state index >= 15 is 0 Å². The molecule has 6 nitrogen and oxygen atoms in total. The second-order valence-corrected chi connectivity index (χ2v) is 6.79. The highest BCUT2D eigenvalue weighted by Gasteiger charge is 2.36. The van der Waals surface area contributed by atoms with Crippen LogP contribution in [0.25, 0.3) is 11.2 Å². The van der Waals surface area contributed by atoms with Crippen LogP contribution in [0.5, 0.6) is 0 Å². The number of nitrogens with one attached hydrogen (secondary N) is 2. The van der Waals surface area contributed by atoms with E-state index in [1.165, 1.54) is 0 Å². The molecule has 23 heavy (non-hydrogen) atoms. The lowest BCUT2D eigenvalue weighted by Crippen LogP contribution is -2.41. The first-order valence-corrected chi connectivity index (χ1v) is 8.42. The molecule has 1 amide bonds. The Morgan fingerprint density at radius 2 is 2.26 bits per heavy atom. The highest BCUT2D eigenvalue weighted by Crippen LogP contribution is 2.39. The number of carbonyl (C=O) groups excluding carboxylic acids is 1. The van der Waals surface area contributed by atoms with Crippen molar-refractivity contribution in [2.75, 3.05) is 0 Å². The van der Waals surface area contributed by atoms with E-state index in [1.807, 2.05) is 23.6 Å². The monoisotopic (exact) mass is 328 g/mol. The molecular formula is C16H16N4O2S. The first-order valence-electron chi connectivity index (χ1n) is 7.54. The third kappa shape index (κ3) is 2.73. The zero-order valence-electron chi connectivity index (χ0n) is 12.3. The summed E-state index contributed by atoms with van der Waals surface area (Å²) in [4.78, 5) is 25.0. The Balaban J connectivity index is 1.57. The van der Waals surface area contributed by atoms with Crippen molar-refractivity contribution in [2.45, 2.75) is 25.0 Å². The Morgan fingerprint density at radius 1 is 1.39 bits per heavy atom. The van der Waals surface area contributed by atoms with E-state index in [0.717, 1.165) is 10.4 Å². The maximum absolute atomic E-state index is 12.6. The predicted molar refractivity (Wildman–Crippen MR) is 87.1 cm³/mol. The normalized spacial score (nSPS) is 21.8. The zero-order valence-corrected chi connectivity index (χ0v) is 13.1. The Hall–Kier alpha value is -2.25. The third-order valence-corrected chi connectivity index (χ3v) is 5.19. The van der Waals surface area contributed by atoms with Crippen molar-refractivity contribution in [2.24, 2.45) is 5.92 Å². The van der Waals surface area contributed by atoms with Gasteiger partial charge in [0.25, 0.3) is 5.91 Å². The first-order chi connectivity index (χ1) is 11.2. The Labute approximate surface area is 136 Å². The second kappa shape index (κ2) is 5.75. The molecule has 1 atom stereocenters. The van der Waals surface area contributed by atoms with Gasteiger partial charge < -0.3 is 15.4 Å². The number of fused-ring (bicyclic) bond motifs is 1. The summed E-state index contributed by atoms with van der Waals surface area (Å²) in [5.41, 5.74) is 1.27. The summed E-state index contributed by atoms with van der Waals surface area (Å²) in [5.74, 6) is 0.276. The molecule has 0 bridgehead atoms. The minimum Gasteiger partial charge on any atom is -0.393 e. The number of nitrogens with zero attached hydrogens (tertiary/aromatic N) is 2. The number of aliphatic hydroxyl groups is 1. The summed E-state index contributed by atoms with van der Waals surface area (Å²) in [6.45, 7) is 0. The Kier molecular flexibility index (Phi) is 3.59.